The quantitative estimate of drug-likeness (QED) is 0.735. The van der Waals surface area contributed by atoms with Crippen LogP contribution in [0.5, 0.6) is 5.75 Å². The van der Waals surface area contributed by atoms with E-state index in [1.54, 1.807) is 24.3 Å². The van der Waals surface area contributed by atoms with Crippen molar-refractivity contribution < 1.29 is 23.4 Å². The molecular weight excluding hydrogens is 323 g/mol. The van der Waals surface area contributed by atoms with Crippen molar-refractivity contribution in [2.75, 3.05) is 13.9 Å². The fourth-order valence-corrected chi connectivity index (χ4v) is 3.73. The minimum Gasteiger partial charge on any atom is -0.497 e. The summed E-state index contributed by atoms with van der Waals surface area (Å²) in [4.78, 5) is 12.2. The van der Waals surface area contributed by atoms with Gasteiger partial charge in [0.25, 0.3) is 0 Å². The number of allylic oxidation sites excluding steroid dienone is 2. The van der Waals surface area contributed by atoms with Crippen molar-refractivity contribution in [1.29, 1.82) is 0 Å². The smallest absolute Gasteiger partial charge is 0.189 e. The topological polar surface area (TPSA) is 44.8 Å². The summed E-state index contributed by atoms with van der Waals surface area (Å²) in [6.45, 7) is 5.86. The van der Waals surface area contributed by atoms with Crippen LogP contribution in [0.15, 0.2) is 42.7 Å². The lowest BCUT2D eigenvalue weighted by Crippen LogP contribution is -2.45. The van der Waals surface area contributed by atoms with Gasteiger partial charge in [-0.05, 0) is 36.8 Å². The number of carbonyl (C=O) groups excluding carboxylic acids is 1. The minimum atomic E-state index is -0.687. The van der Waals surface area contributed by atoms with Crippen LogP contribution in [-0.4, -0.2) is 25.3 Å². The molecule has 1 aromatic rings. The van der Waals surface area contributed by atoms with Gasteiger partial charge in [-0.1, -0.05) is 19.1 Å². The summed E-state index contributed by atoms with van der Waals surface area (Å²) in [6, 6.07) is 4.86. The SMILES string of the molecule is C=CC[C@@H]1C[C@@]2(C(C)Cc3ccc(OC)cc3F)OCOC2=CC1=O. The molecular formula is C20H23FO4. The molecule has 0 N–H and O–H groups in total. The van der Waals surface area contributed by atoms with Gasteiger partial charge < -0.3 is 14.2 Å². The van der Waals surface area contributed by atoms with Gasteiger partial charge >= 0.3 is 0 Å². The Kier molecular flexibility index (Phi) is 4.95. The largest absolute Gasteiger partial charge is 0.497 e. The summed E-state index contributed by atoms with van der Waals surface area (Å²) < 4.78 is 30.9. The lowest BCUT2D eigenvalue weighted by atomic mass is 9.71. The second-order valence-electron chi connectivity index (χ2n) is 6.69. The Morgan fingerprint density at radius 1 is 1.52 bits per heavy atom. The van der Waals surface area contributed by atoms with Crippen molar-refractivity contribution in [3.05, 3.63) is 54.1 Å². The first-order valence-corrected chi connectivity index (χ1v) is 8.46. The average Bonchev–Trinajstić information content (AvgIpc) is 3.01. The van der Waals surface area contributed by atoms with E-state index in [1.807, 2.05) is 6.92 Å². The van der Waals surface area contributed by atoms with Gasteiger partial charge in [0.1, 0.15) is 22.9 Å². The summed E-state index contributed by atoms with van der Waals surface area (Å²) in [5.41, 5.74) is -0.0942. The van der Waals surface area contributed by atoms with E-state index in [2.05, 4.69) is 6.58 Å². The second-order valence-corrected chi connectivity index (χ2v) is 6.69. The summed E-state index contributed by atoms with van der Waals surface area (Å²) in [7, 11) is 1.51. The first-order valence-electron chi connectivity index (χ1n) is 8.46. The molecule has 1 aliphatic carbocycles. The maximum absolute atomic E-state index is 14.3. The number of rotatable bonds is 6. The van der Waals surface area contributed by atoms with Gasteiger partial charge in [-0.2, -0.15) is 0 Å². The molecule has 4 nitrogen and oxygen atoms in total. The minimum absolute atomic E-state index is 0.0406. The number of methoxy groups -OCH3 is 1. The Morgan fingerprint density at radius 2 is 2.32 bits per heavy atom. The number of fused-ring (bicyclic) bond motifs is 1. The Labute approximate surface area is 147 Å². The molecule has 1 fully saturated rings. The Balaban J connectivity index is 1.86. The van der Waals surface area contributed by atoms with E-state index in [9.17, 15) is 9.18 Å². The van der Waals surface area contributed by atoms with Gasteiger partial charge in [-0.25, -0.2) is 4.39 Å². The van der Waals surface area contributed by atoms with Gasteiger partial charge in [0, 0.05) is 18.1 Å². The molecule has 1 unspecified atom stereocenters. The molecule has 1 saturated heterocycles. The predicted molar refractivity (Wildman–Crippen MR) is 91.6 cm³/mol. The zero-order chi connectivity index (χ0) is 18.0. The van der Waals surface area contributed by atoms with Gasteiger partial charge in [0.05, 0.1) is 7.11 Å². The number of carbonyl (C=O) groups is 1. The first-order chi connectivity index (χ1) is 12.0. The van der Waals surface area contributed by atoms with E-state index in [4.69, 9.17) is 14.2 Å². The van der Waals surface area contributed by atoms with Gasteiger partial charge in [-0.3, -0.25) is 4.79 Å². The molecule has 25 heavy (non-hydrogen) atoms. The molecule has 134 valence electrons. The number of hydrogen-bond acceptors (Lipinski definition) is 4. The molecule has 0 bridgehead atoms. The van der Waals surface area contributed by atoms with E-state index in [1.165, 1.54) is 13.2 Å². The van der Waals surface area contributed by atoms with Crippen LogP contribution in [0.3, 0.4) is 0 Å². The molecule has 0 amide bonds. The zero-order valence-corrected chi connectivity index (χ0v) is 14.6. The van der Waals surface area contributed by atoms with E-state index in [0.717, 1.165) is 0 Å². The van der Waals surface area contributed by atoms with Crippen LogP contribution in [0.2, 0.25) is 0 Å². The van der Waals surface area contributed by atoms with Gasteiger partial charge in [0.2, 0.25) is 0 Å². The van der Waals surface area contributed by atoms with Gasteiger partial charge in [-0.15, -0.1) is 6.58 Å². The van der Waals surface area contributed by atoms with Crippen molar-refractivity contribution in [3.63, 3.8) is 0 Å². The standard InChI is InChI=1S/C20H23FO4/c1-4-5-15-11-20(19(10-18(15)22)24-12-25-20)13(2)8-14-6-7-16(23-3)9-17(14)21/h4,6-7,9-10,13,15H,1,5,8,11-12H2,2-3H3/t13?,15-,20+/m1/s1. The molecule has 5 heteroatoms. The fraction of sp³-hybridized carbons (Fsp3) is 0.450. The molecule has 1 heterocycles. The third-order valence-electron chi connectivity index (χ3n) is 5.21. The van der Waals surface area contributed by atoms with Crippen LogP contribution >= 0.6 is 0 Å². The molecule has 0 radical (unpaired) electrons. The van der Waals surface area contributed by atoms with Crippen molar-refractivity contribution in [3.8, 4) is 5.75 Å². The molecule has 3 rings (SSSR count). The molecule has 2 aliphatic rings. The maximum atomic E-state index is 14.3. The molecule has 0 spiro atoms. The first kappa shape index (κ1) is 17.7. The molecule has 3 atom stereocenters. The highest BCUT2D eigenvalue weighted by Crippen LogP contribution is 2.46. The highest BCUT2D eigenvalue weighted by Gasteiger charge is 2.51. The number of halogens is 1. The Morgan fingerprint density at radius 3 is 3.00 bits per heavy atom. The summed E-state index contributed by atoms with van der Waals surface area (Å²) in [5, 5.41) is 0. The van der Waals surface area contributed by atoms with Gasteiger partial charge in [0.15, 0.2) is 12.6 Å². The van der Waals surface area contributed by atoms with Crippen LogP contribution in [0.4, 0.5) is 4.39 Å². The lowest BCUT2D eigenvalue weighted by molar-refractivity contribution is -0.123. The number of ketones is 1. The van der Waals surface area contributed by atoms with Crippen molar-refractivity contribution in [1.82, 2.24) is 0 Å². The normalized spacial score (nSPS) is 26.4. The summed E-state index contributed by atoms with van der Waals surface area (Å²) in [5.74, 6) is 0.567. The van der Waals surface area contributed by atoms with Crippen LogP contribution in [0, 0.1) is 17.7 Å². The maximum Gasteiger partial charge on any atom is 0.189 e. The molecule has 1 aromatic carbocycles. The van der Waals surface area contributed by atoms with Crippen LogP contribution in [0.1, 0.15) is 25.3 Å². The number of benzene rings is 1. The number of ether oxygens (including phenoxy) is 3. The van der Waals surface area contributed by atoms with E-state index in [0.29, 0.717) is 36.3 Å². The fourth-order valence-electron chi connectivity index (χ4n) is 3.73. The monoisotopic (exact) mass is 346 g/mol. The van der Waals surface area contributed by atoms with Crippen LogP contribution < -0.4 is 4.74 Å². The van der Waals surface area contributed by atoms with Crippen molar-refractivity contribution in [2.45, 2.75) is 31.8 Å². The second kappa shape index (κ2) is 7.00. The van der Waals surface area contributed by atoms with E-state index < -0.39 is 5.60 Å². The van der Waals surface area contributed by atoms with Crippen LogP contribution in [-0.2, 0) is 20.7 Å². The molecule has 1 aliphatic heterocycles. The lowest BCUT2D eigenvalue weighted by Gasteiger charge is -2.38. The molecule has 0 saturated carbocycles. The number of hydrogen-bond donors (Lipinski definition) is 0. The highest BCUT2D eigenvalue weighted by atomic mass is 19.1. The average molecular weight is 346 g/mol. The zero-order valence-electron chi connectivity index (χ0n) is 14.6. The Hall–Kier alpha value is -2.14. The third-order valence-corrected chi connectivity index (χ3v) is 5.21. The Bertz CT molecular complexity index is 712. The predicted octanol–water partition coefficient (Wildman–Crippen LogP) is 3.81. The summed E-state index contributed by atoms with van der Waals surface area (Å²) >= 11 is 0. The van der Waals surface area contributed by atoms with Crippen molar-refractivity contribution in [2.24, 2.45) is 11.8 Å². The highest BCUT2D eigenvalue weighted by molar-refractivity contribution is 5.93. The summed E-state index contributed by atoms with van der Waals surface area (Å²) in [6.07, 6.45) is 4.90. The van der Waals surface area contributed by atoms with Crippen LogP contribution in [0.25, 0.3) is 0 Å². The van der Waals surface area contributed by atoms with E-state index >= 15 is 0 Å². The molecule has 0 aromatic heterocycles. The third kappa shape index (κ3) is 3.21. The van der Waals surface area contributed by atoms with Crippen molar-refractivity contribution >= 4 is 5.78 Å². The van der Waals surface area contributed by atoms with E-state index in [-0.39, 0.29) is 30.2 Å².